The van der Waals surface area contributed by atoms with Gasteiger partial charge < -0.3 is 15.0 Å². The molecule has 0 aliphatic carbocycles. The normalized spacial score (nSPS) is 16.4. The van der Waals surface area contributed by atoms with Crippen LogP contribution >= 0.6 is 11.3 Å². The number of benzene rings is 2. The second-order valence-electron chi connectivity index (χ2n) is 6.50. The van der Waals surface area contributed by atoms with Crippen LogP contribution in [0.1, 0.15) is 9.80 Å². The Kier molecular flexibility index (Phi) is 5.27. The number of amides is 2. The summed E-state index contributed by atoms with van der Waals surface area (Å²) in [6, 6.07) is 14.0. The lowest BCUT2D eigenvalue weighted by atomic mass is 10.2. The molecule has 3 aromatic rings. The van der Waals surface area contributed by atoms with Crippen molar-refractivity contribution in [1.29, 1.82) is 0 Å². The number of carbonyl (C=O) groups excluding carboxylic acids is 2. The van der Waals surface area contributed by atoms with Gasteiger partial charge in [0.2, 0.25) is 9.84 Å². The number of rotatable bonds is 4. The van der Waals surface area contributed by atoms with Crippen LogP contribution in [0, 0.1) is 0 Å². The Labute approximate surface area is 177 Å². The van der Waals surface area contributed by atoms with Crippen molar-refractivity contribution < 1.29 is 22.7 Å². The summed E-state index contributed by atoms with van der Waals surface area (Å²) in [5.41, 5.74) is 0.602. The topological polar surface area (TPSA) is 106 Å². The summed E-state index contributed by atoms with van der Waals surface area (Å²) >= 11 is 0.749. The molecule has 10 heteroatoms. The van der Waals surface area contributed by atoms with Gasteiger partial charge in [-0.05, 0) is 24.3 Å². The van der Waals surface area contributed by atoms with Crippen molar-refractivity contribution in [3.05, 3.63) is 65.8 Å². The van der Waals surface area contributed by atoms with Crippen LogP contribution in [0.4, 0.5) is 5.69 Å². The van der Waals surface area contributed by atoms with Crippen molar-refractivity contribution in [2.45, 2.75) is 15.1 Å². The highest BCUT2D eigenvalue weighted by Crippen LogP contribution is 2.30. The summed E-state index contributed by atoms with van der Waals surface area (Å²) in [4.78, 5) is 30.9. The Balaban J connectivity index is 1.52. The number of nitrogens with zero attached hydrogens (tertiary/aromatic N) is 2. The second kappa shape index (κ2) is 7.88. The van der Waals surface area contributed by atoms with E-state index in [0.717, 1.165) is 17.5 Å². The molecule has 0 radical (unpaired) electrons. The number of hydrogen-bond donors (Lipinski definition) is 1. The zero-order valence-corrected chi connectivity index (χ0v) is 17.4. The third-order valence-electron chi connectivity index (χ3n) is 4.56. The van der Waals surface area contributed by atoms with Crippen molar-refractivity contribution in [1.82, 2.24) is 10.3 Å². The molecule has 2 heterocycles. The molecule has 8 nitrogen and oxygen atoms in total. The van der Waals surface area contributed by atoms with Crippen LogP contribution in [-0.4, -0.2) is 44.9 Å². The fourth-order valence-electron chi connectivity index (χ4n) is 2.98. The number of thiazole rings is 1. The molecular formula is C20H17N3O5S2. The van der Waals surface area contributed by atoms with E-state index < -0.39 is 21.8 Å². The third-order valence-corrected chi connectivity index (χ3v) is 7.79. The zero-order valence-electron chi connectivity index (χ0n) is 15.8. The van der Waals surface area contributed by atoms with E-state index in [4.69, 9.17) is 4.74 Å². The minimum absolute atomic E-state index is 0.0491. The predicted molar refractivity (Wildman–Crippen MR) is 111 cm³/mol. The number of hydrogen-bond acceptors (Lipinski definition) is 7. The van der Waals surface area contributed by atoms with Gasteiger partial charge >= 0.3 is 0 Å². The van der Waals surface area contributed by atoms with Gasteiger partial charge in [0.1, 0.15) is 22.6 Å². The number of aromatic nitrogens is 1. The Morgan fingerprint density at radius 1 is 1.17 bits per heavy atom. The smallest absolute Gasteiger partial charge is 0.281 e. The first-order chi connectivity index (χ1) is 14.4. The molecule has 1 aromatic heterocycles. The van der Waals surface area contributed by atoms with Gasteiger partial charge in [0.25, 0.3) is 11.8 Å². The Hall–Kier alpha value is -3.24. The second-order valence-corrected chi connectivity index (χ2v) is 9.71. The summed E-state index contributed by atoms with van der Waals surface area (Å²) in [6.07, 6.45) is 1.15. The molecule has 0 fully saturated rings. The summed E-state index contributed by atoms with van der Waals surface area (Å²) in [6.45, 7) is -0.0491. The van der Waals surface area contributed by atoms with Gasteiger partial charge in [0, 0.05) is 7.05 Å². The van der Waals surface area contributed by atoms with E-state index in [1.165, 1.54) is 17.0 Å². The molecule has 2 aromatic carbocycles. The van der Waals surface area contributed by atoms with E-state index in [2.05, 4.69) is 10.3 Å². The van der Waals surface area contributed by atoms with Gasteiger partial charge in [0.05, 0.1) is 16.8 Å². The summed E-state index contributed by atoms with van der Waals surface area (Å²) < 4.78 is 31.0. The maximum absolute atomic E-state index is 12.7. The van der Waals surface area contributed by atoms with Crippen molar-refractivity contribution in [2.24, 2.45) is 0 Å². The molecule has 1 aliphatic heterocycles. The summed E-state index contributed by atoms with van der Waals surface area (Å²) in [5.74, 6) is -0.451. The van der Waals surface area contributed by atoms with Crippen molar-refractivity contribution >= 4 is 38.7 Å². The van der Waals surface area contributed by atoms with Crippen molar-refractivity contribution in [3.63, 3.8) is 0 Å². The van der Waals surface area contributed by atoms with Crippen LogP contribution < -0.4 is 15.0 Å². The van der Waals surface area contributed by atoms with Crippen LogP contribution in [0.5, 0.6) is 5.75 Å². The SMILES string of the molecule is CN1C(=O)[C@@H](NC(=O)c2ncc(S(=O)(=O)c3ccccc3)s2)COc2ccccc21. The highest BCUT2D eigenvalue weighted by molar-refractivity contribution is 7.93. The molecule has 30 heavy (non-hydrogen) atoms. The number of fused-ring (bicyclic) bond motifs is 1. The van der Waals surface area contributed by atoms with Gasteiger partial charge in [-0.15, -0.1) is 0 Å². The Morgan fingerprint density at radius 2 is 1.87 bits per heavy atom. The van der Waals surface area contributed by atoms with E-state index in [9.17, 15) is 18.0 Å². The lowest BCUT2D eigenvalue weighted by Crippen LogP contribution is -2.49. The number of carbonyl (C=O) groups is 2. The maximum Gasteiger partial charge on any atom is 0.281 e. The first-order valence-electron chi connectivity index (χ1n) is 8.94. The fraction of sp³-hybridized carbons (Fsp3) is 0.150. The van der Waals surface area contributed by atoms with Gasteiger partial charge in [-0.1, -0.05) is 41.7 Å². The molecule has 0 bridgehead atoms. The maximum atomic E-state index is 12.7. The average molecular weight is 444 g/mol. The molecular weight excluding hydrogens is 426 g/mol. The lowest BCUT2D eigenvalue weighted by Gasteiger charge is -2.19. The lowest BCUT2D eigenvalue weighted by molar-refractivity contribution is -0.120. The van der Waals surface area contributed by atoms with E-state index in [1.807, 2.05) is 0 Å². The largest absolute Gasteiger partial charge is 0.489 e. The van der Waals surface area contributed by atoms with Crippen LogP contribution in [0.2, 0.25) is 0 Å². The van der Waals surface area contributed by atoms with Crippen molar-refractivity contribution in [2.75, 3.05) is 18.6 Å². The summed E-state index contributed by atoms with van der Waals surface area (Å²) in [5, 5.41) is 2.54. The van der Waals surface area contributed by atoms with E-state index in [1.54, 1.807) is 49.5 Å². The van der Waals surface area contributed by atoms with Crippen molar-refractivity contribution in [3.8, 4) is 5.75 Å². The average Bonchev–Trinajstić information content (AvgIpc) is 3.24. The Bertz CT molecular complexity index is 1210. The molecule has 4 rings (SSSR count). The number of sulfone groups is 1. The number of nitrogens with one attached hydrogen (secondary N) is 1. The Morgan fingerprint density at radius 3 is 2.63 bits per heavy atom. The van der Waals surface area contributed by atoms with E-state index in [-0.39, 0.29) is 26.6 Å². The minimum Gasteiger partial charge on any atom is -0.489 e. The molecule has 0 saturated heterocycles. The van der Waals surface area contributed by atoms with Gasteiger partial charge in [-0.25, -0.2) is 13.4 Å². The van der Waals surface area contributed by atoms with Crippen LogP contribution in [0.25, 0.3) is 0 Å². The molecule has 1 atom stereocenters. The number of likely N-dealkylation sites (N-methyl/N-ethyl adjacent to an activating group) is 1. The molecule has 0 spiro atoms. The number of anilines is 1. The van der Waals surface area contributed by atoms with Crippen LogP contribution in [-0.2, 0) is 14.6 Å². The van der Waals surface area contributed by atoms with Gasteiger partial charge in [-0.2, -0.15) is 0 Å². The highest BCUT2D eigenvalue weighted by atomic mass is 32.2. The third kappa shape index (κ3) is 3.66. The first kappa shape index (κ1) is 20.0. The predicted octanol–water partition coefficient (Wildman–Crippen LogP) is 2.13. The van der Waals surface area contributed by atoms with E-state index >= 15 is 0 Å². The van der Waals surface area contributed by atoms with Gasteiger partial charge in [-0.3, -0.25) is 9.59 Å². The van der Waals surface area contributed by atoms with Crippen LogP contribution in [0.3, 0.4) is 0 Å². The minimum atomic E-state index is -3.77. The van der Waals surface area contributed by atoms with Crippen LogP contribution in [0.15, 0.2) is 69.9 Å². The molecule has 2 amide bonds. The molecule has 1 N–H and O–H groups in total. The summed E-state index contributed by atoms with van der Waals surface area (Å²) in [7, 11) is -2.17. The molecule has 154 valence electrons. The molecule has 0 saturated carbocycles. The zero-order chi connectivity index (χ0) is 21.3. The van der Waals surface area contributed by atoms with E-state index in [0.29, 0.717) is 11.4 Å². The fourth-order valence-corrected chi connectivity index (χ4v) is 5.44. The first-order valence-corrected chi connectivity index (χ1v) is 11.2. The number of para-hydroxylation sites is 2. The van der Waals surface area contributed by atoms with Gasteiger partial charge in [0.15, 0.2) is 5.01 Å². The molecule has 1 aliphatic rings. The monoisotopic (exact) mass is 443 g/mol. The quantitative estimate of drug-likeness (QED) is 0.662. The molecule has 0 unspecified atom stereocenters. The standard InChI is InChI=1S/C20H17N3O5S2/c1-23-15-9-5-6-10-16(15)28-12-14(20(23)25)22-18(24)19-21-11-17(29-19)30(26,27)13-7-3-2-4-8-13/h2-11,14H,12H2,1H3,(H,22,24)/t14-/m0/s1. The number of ether oxygens (including phenoxy) is 1. The highest BCUT2D eigenvalue weighted by Gasteiger charge is 2.31.